The van der Waals surface area contributed by atoms with Crippen LogP contribution in [0.4, 0.5) is 0 Å². The van der Waals surface area contributed by atoms with E-state index < -0.39 is 0 Å². The van der Waals surface area contributed by atoms with Gasteiger partial charge in [0, 0.05) is 38.6 Å². The van der Waals surface area contributed by atoms with Crippen LogP contribution in [0, 0.1) is 0 Å². The molecule has 0 radical (unpaired) electrons. The molecule has 59 heavy (non-hydrogen) atoms. The van der Waals surface area contributed by atoms with Gasteiger partial charge in [-0.15, -0.1) is 0 Å². The number of oxazole rings is 1. The third kappa shape index (κ3) is 6.43. The Morgan fingerprint density at radius 3 is 1.00 bits per heavy atom. The van der Waals surface area contributed by atoms with E-state index in [2.05, 4.69) is 188 Å². The summed E-state index contributed by atoms with van der Waals surface area (Å²) in [5.74, 6) is 0.561. The molecule has 4 heteroatoms. The van der Waals surface area contributed by atoms with Crippen LogP contribution in [0.1, 0.15) is 0 Å². The van der Waals surface area contributed by atoms with Gasteiger partial charge in [-0.25, -0.2) is 15.0 Å². The van der Waals surface area contributed by atoms with E-state index in [1.54, 1.807) is 0 Å². The van der Waals surface area contributed by atoms with E-state index in [1.807, 2.05) is 24.3 Å². The molecule has 3 heterocycles. The van der Waals surface area contributed by atoms with Crippen molar-refractivity contribution in [3.63, 3.8) is 0 Å². The minimum absolute atomic E-state index is 0.561. The molecule has 4 nitrogen and oxygen atoms in total. The van der Waals surface area contributed by atoms with Crippen LogP contribution in [0.2, 0.25) is 0 Å². The Balaban J connectivity index is 1.19. The quantitative estimate of drug-likeness (QED) is 0.152. The molecule has 276 valence electrons. The van der Waals surface area contributed by atoms with Crippen molar-refractivity contribution in [3.05, 3.63) is 212 Å². The van der Waals surface area contributed by atoms with Crippen LogP contribution >= 0.6 is 0 Å². The van der Waals surface area contributed by atoms with Crippen LogP contribution in [0.5, 0.6) is 0 Å². The van der Waals surface area contributed by atoms with Gasteiger partial charge in [-0.05, 0) is 75.5 Å². The van der Waals surface area contributed by atoms with E-state index in [-0.39, 0.29) is 0 Å². The smallest absolute Gasteiger partial charge is 0.227 e. The van der Waals surface area contributed by atoms with E-state index in [9.17, 15) is 0 Å². The summed E-state index contributed by atoms with van der Waals surface area (Å²) in [4.78, 5) is 15.7. The molecular formula is C55H35N3O. The zero-order valence-electron chi connectivity index (χ0n) is 32.0. The molecule has 11 aromatic rings. The zero-order chi connectivity index (χ0) is 39.1. The van der Waals surface area contributed by atoms with Crippen LogP contribution in [0.15, 0.2) is 217 Å². The summed E-state index contributed by atoms with van der Waals surface area (Å²) in [6, 6.07) is 73.9. The highest BCUT2D eigenvalue weighted by Gasteiger charge is 2.19. The first kappa shape index (κ1) is 34.3. The van der Waals surface area contributed by atoms with Crippen LogP contribution in [-0.2, 0) is 0 Å². The second kappa shape index (κ2) is 14.5. The maximum Gasteiger partial charge on any atom is 0.227 e. The number of rotatable bonds is 7. The van der Waals surface area contributed by atoms with Gasteiger partial charge in [-0.1, -0.05) is 170 Å². The Morgan fingerprint density at radius 2 is 0.576 bits per heavy atom. The molecule has 0 unspecified atom stereocenters. The first-order valence-electron chi connectivity index (χ1n) is 19.8. The van der Waals surface area contributed by atoms with Crippen molar-refractivity contribution < 1.29 is 4.42 Å². The lowest BCUT2D eigenvalue weighted by Gasteiger charge is -2.14. The summed E-state index contributed by atoms with van der Waals surface area (Å²) in [5, 5.41) is 4.41. The number of hydrogen-bond acceptors (Lipinski definition) is 4. The molecule has 0 atom stereocenters. The first-order valence-corrected chi connectivity index (χ1v) is 19.8. The van der Waals surface area contributed by atoms with Gasteiger partial charge < -0.3 is 4.42 Å². The fourth-order valence-electron chi connectivity index (χ4n) is 8.16. The van der Waals surface area contributed by atoms with Gasteiger partial charge in [-0.3, -0.25) is 0 Å². The largest absolute Gasteiger partial charge is 0.435 e. The van der Waals surface area contributed by atoms with Crippen LogP contribution < -0.4 is 0 Å². The molecule has 0 spiro atoms. The van der Waals surface area contributed by atoms with Gasteiger partial charge in [-0.2, -0.15) is 0 Å². The molecule has 0 saturated heterocycles. The van der Waals surface area contributed by atoms with E-state index in [0.717, 1.165) is 105 Å². The van der Waals surface area contributed by atoms with Gasteiger partial charge in [0.1, 0.15) is 5.52 Å². The molecule has 0 bridgehead atoms. The first-order chi connectivity index (χ1) is 29.2. The topological polar surface area (TPSA) is 51.8 Å². The Labute approximate surface area is 341 Å². The summed E-state index contributed by atoms with van der Waals surface area (Å²) >= 11 is 0. The molecule has 0 aliphatic heterocycles. The number of aromatic nitrogens is 3. The average Bonchev–Trinajstić information content (AvgIpc) is 3.79. The van der Waals surface area contributed by atoms with Crippen molar-refractivity contribution in [1.82, 2.24) is 15.0 Å². The van der Waals surface area contributed by atoms with E-state index in [1.165, 1.54) is 0 Å². The fraction of sp³-hybridized carbons (Fsp3) is 0. The molecule has 0 aliphatic rings. The van der Waals surface area contributed by atoms with Gasteiger partial charge in [0.05, 0.1) is 22.8 Å². The normalized spacial score (nSPS) is 11.4. The van der Waals surface area contributed by atoms with Crippen LogP contribution in [-0.4, -0.2) is 15.0 Å². The molecule has 0 saturated carbocycles. The van der Waals surface area contributed by atoms with E-state index >= 15 is 0 Å². The molecule has 11 rings (SSSR count). The van der Waals surface area contributed by atoms with Crippen molar-refractivity contribution >= 4 is 32.6 Å². The number of benzene rings is 8. The lowest BCUT2D eigenvalue weighted by atomic mass is 9.93. The highest BCUT2D eigenvalue weighted by atomic mass is 16.3. The average molecular weight is 754 g/mol. The third-order valence-electron chi connectivity index (χ3n) is 11.0. The Hall–Kier alpha value is -7.95. The van der Waals surface area contributed by atoms with Crippen LogP contribution in [0.25, 0.3) is 111 Å². The maximum atomic E-state index is 6.89. The van der Waals surface area contributed by atoms with Crippen molar-refractivity contribution in [2.24, 2.45) is 0 Å². The van der Waals surface area contributed by atoms with Gasteiger partial charge in [0.15, 0.2) is 5.58 Å². The Bertz CT molecular complexity index is 2970. The number of hydrogen-bond donors (Lipinski definition) is 0. The Morgan fingerprint density at radius 1 is 0.254 bits per heavy atom. The van der Waals surface area contributed by atoms with Gasteiger partial charge in [0.25, 0.3) is 0 Å². The molecule has 0 aliphatic carbocycles. The monoisotopic (exact) mass is 753 g/mol. The molecule has 0 amide bonds. The van der Waals surface area contributed by atoms with Gasteiger partial charge in [0.2, 0.25) is 5.89 Å². The molecular weight excluding hydrogens is 719 g/mol. The van der Waals surface area contributed by atoms with Crippen molar-refractivity contribution in [2.75, 3.05) is 0 Å². The standard InChI is InChI=1S/C55H35N3O/c1-5-17-36(18-6-1)49-32-42(33-50(56-49)37-19-7-2-8-20-37)40-29-41(43-34-51(38-21-9-3-10-22-38)57-52(35-43)39-23-11-4-12-24-39)31-44(30-40)55-58-53-47-27-15-13-25-45(47)46-26-14-16-28-48(46)54(53)59-55/h1-35H. The summed E-state index contributed by atoms with van der Waals surface area (Å²) in [5.41, 5.74) is 14.4. The van der Waals surface area contributed by atoms with Crippen LogP contribution in [0.3, 0.4) is 0 Å². The zero-order valence-corrected chi connectivity index (χ0v) is 32.0. The van der Waals surface area contributed by atoms with Gasteiger partial charge >= 0.3 is 0 Å². The summed E-state index contributed by atoms with van der Waals surface area (Å²) in [6.45, 7) is 0. The highest BCUT2D eigenvalue weighted by Crippen LogP contribution is 2.41. The summed E-state index contributed by atoms with van der Waals surface area (Å²) < 4.78 is 6.89. The minimum Gasteiger partial charge on any atom is -0.435 e. The predicted octanol–water partition coefficient (Wildman–Crippen LogP) is 14.6. The predicted molar refractivity (Wildman–Crippen MR) is 243 cm³/mol. The SMILES string of the molecule is c1ccc(-c2cc(-c3cc(-c4cc(-c5ccccc5)nc(-c5ccccc5)c4)cc(-c4nc5c6ccccc6c6ccccc6c5o4)c3)cc(-c3ccccc3)n2)cc1. The number of nitrogens with zero attached hydrogens (tertiary/aromatic N) is 3. The molecule has 8 aromatic carbocycles. The van der Waals surface area contributed by atoms with E-state index in [4.69, 9.17) is 19.4 Å². The Kier molecular flexibility index (Phi) is 8.45. The highest BCUT2D eigenvalue weighted by molar-refractivity contribution is 6.22. The second-order valence-corrected chi connectivity index (χ2v) is 14.8. The van der Waals surface area contributed by atoms with Crippen molar-refractivity contribution in [2.45, 2.75) is 0 Å². The van der Waals surface area contributed by atoms with Crippen molar-refractivity contribution in [1.29, 1.82) is 0 Å². The third-order valence-corrected chi connectivity index (χ3v) is 11.0. The fourth-order valence-corrected chi connectivity index (χ4v) is 8.16. The number of pyridine rings is 2. The van der Waals surface area contributed by atoms with Crippen molar-refractivity contribution in [3.8, 4) is 78.7 Å². The molecule has 3 aromatic heterocycles. The molecule has 0 N–H and O–H groups in total. The summed E-state index contributed by atoms with van der Waals surface area (Å²) in [6.07, 6.45) is 0. The summed E-state index contributed by atoms with van der Waals surface area (Å²) in [7, 11) is 0. The molecule has 0 fully saturated rings. The maximum absolute atomic E-state index is 6.89. The lowest BCUT2D eigenvalue weighted by Crippen LogP contribution is -1.94. The minimum atomic E-state index is 0.561. The van der Waals surface area contributed by atoms with E-state index in [0.29, 0.717) is 5.89 Å². The number of fused-ring (bicyclic) bond motifs is 6. The lowest BCUT2D eigenvalue weighted by molar-refractivity contribution is 0.623. The second-order valence-electron chi connectivity index (χ2n) is 14.8.